The summed E-state index contributed by atoms with van der Waals surface area (Å²) in [6.07, 6.45) is -2.54. The number of hydrogen-bond acceptors (Lipinski definition) is 2. The molecule has 1 heterocycles. The van der Waals surface area contributed by atoms with Crippen LogP contribution >= 0.6 is 0 Å². The third-order valence-corrected chi connectivity index (χ3v) is 4.83. The standard InChI is InChI=1S/C13H19F3N2O3/c1-2-11(3-4-11)7-17-10(21)18-6-5-12(8-18,9(19)20)13(14,15)16/h2-8H2,1H3,(H,17,21)(H,19,20). The highest BCUT2D eigenvalue weighted by Gasteiger charge is 2.64. The Labute approximate surface area is 120 Å². The van der Waals surface area contributed by atoms with Crippen LogP contribution in [0.15, 0.2) is 0 Å². The molecule has 2 amide bonds. The molecule has 0 bridgehead atoms. The zero-order valence-corrected chi connectivity index (χ0v) is 11.8. The Bertz CT molecular complexity index is 448. The summed E-state index contributed by atoms with van der Waals surface area (Å²) >= 11 is 0. The minimum atomic E-state index is -4.87. The second-order valence-electron chi connectivity index (χ2n) is 6.07. The number of nitrogens with one attached hydrogen (secondary N) is 1. The van der Waals surface area contributed by atoms with Crippen molar-refractivity contribution in [3.63, 3.8) is 0 Å². The molecule has 2 N–H and O–H groups in total. The summed E-state index contributed by atoms with van der Waals surface area (Å²) in [5.74, 6) is -1.92. The first kappa shape index (κ1) is 15.9. The zero-order valence-electron chi connectivity index (χ0n) is 11.8. The van der Waals surface area contributed by atoms with Gasteiger partial charge < -0.3 is 15.3 Å². The molecule has 2 rings (SSSR count). The fourth-order valence-electron chi connectivity index (χ4n) is 2.72. The van der Waals surface area contributed by atoms with Crippen LogP contribution in [0.3, 0.4) is 0 Å². The second-order valence-corrected chi connectivity index (χ2v) is 6.07. The van der Waals surface area contributed by atoms with Crippen molar-refractivity contribution >= 4 is 12.0 Å². The number of urea groups is 1. The van der Waals surface area contributed by atoms with Gasteiger partial charge in [-0.15, -0.1) is 0 Å². The minimum Gasteiger partial charge on any atom is -0.481 e. The van der Waals surface area contributed by atoms with Gasteiger partial charge in [-0.05, 0) is 31.1 Å². The third-order valence-electron chi connectivity index (χ3n) is 4.83. The van der Waals surface area contributed by atoms with Gasteiger partial charge in [-0.1, -0.05) is 6.92 Å². The van der Waals surface area contributed by atoms with Crippen LogP contribution in [0.5, 0.6) is 0 Å². The van der Waals surface area contributed by atoms with Gasteiger partial charge in [-0.3, -0.25) is 4.79 Å². The van der Waals surface area contributed by atoms with Crippen LogP contribution in [0.25, 0.3) is 0 Å². The minimum absolute atomic E-state index is 0.0866. The van der Waals surface area contributed by atoms with Crippen LogP contribution < -0.4 is 5.32 Å². The van der Waals surface area contributed by atoms with Crippen LogP contribution in [-0.2, 0) is 4.79 Å². The predicted molar refractivity (Wildman–Crippen MR) is 67.7 cm³/mol. The summed E-state index contributed by atoms with van der Waals surface area (Å²) in [6.45, 7) is 1.42. The summed E-state index contributed by atoms with van der Waals surface area (Å²) in [5.41, 5.74) is -2.75. The summed E-state index contributed by atoms with van der Waals surface area (Å²) in [7, 11) is 0. The fraction of sp³-hybridized carbons (Fsp3) is 0.846. The van der Waals surface area contributed by atoms with Crippen molar-refractivity contribution in [1.82, 2.24) is 10.2 Å². The molecule has 0 spiro atoms. The van der Waals surface area contributed by atoms with E-state index < -0.39 is 36.6 Å². The highest BCUT2D eigenvalue weighted by atomic mass is 19.4. The van der Waals surface area contributed by atoms with Gasteiger partial charge in [0.2, 0.25) is 0 Å². The van der Waals surface area contributed by atoms with Gasteiger partial charge in [0.25, 0.3) is 0 Å². The number of hydrogen-bond donors (Lipinski definition) is 2. The molecule has 120 valence electrons. The number of rotatable bonds is 4. The highest BCUT2D eigenvalue weighted by molar-refractivity contribution is 5.80. The largest absolute Gasteiger partial charge is 0.481 e. The van der Waals surface area contributed by atoms with E-state index in [1.165, 1.54) is 0 Å². The molecule has 21 heavy (non-hydrogen) atoms. The molecule has 0 aromatic rings. The second kappa shape index (κ2) is 5.06. The lowest BCUT2D eigenvalue weighted by Gasteiger charge is -2.27. The van der Waals surface area contributed by atoms with Gasteiger partial charge in [0.05, 0.1) is 0 Å². The number of carboxylic acid groups (broad SMARTS) is 1. The fourth-order valence-corrected chi connectivity index (χ4v) is 2.72. The number of alkyl halides is 3. The first-order valence-electron chi connectivity index (χ1n) is 6.99. The van der Waals surface area contributed by atoms with Gasteiger partial charge in [-0.25, -0.2) is 4.79 Å². The molecular weight excluding hydrogens is 289 g/mol. The highest BCUT2D eigenvalue weighted by Crippen LogP contribution is 2.48. The van der Waals surface area contributed by atoms with E-state index in [9.17, 15) is 22.8 Å². The molecule has 0 aromatic heterocycles. The molecular formula is C13H19F3N2O3. The SMILES string of the molecule is CCC1(CNC(=O)N2CCC(C(=O)O)(C(F)(F)F)C2)CC1. The quantitative estimate of drug-likeness (QED) is 0.836. The maximum Gasteiger partial charge on any atom is 0.406 e. The maximum atomic E-state index is 13.0. The number of likely N-dealkylation sites (tertiary alicyclic amines) is 1. The van der Waals surface area contributed by atoms with Crippen molar-refractivity contribution in [3.05, 3.63) is 0 Å². The molecule has 5 nitrogen and oxygen atoms in total. The van der Waals surface area contributed by atoms with E-state index in [2.05, 4.69) is 5.32 Å². The first-order valence-corrected chi connectivity index (χ1v) is 6.99. The van der Waals surface area contributed by atoms with Crippen molar-refractivity contribution in [2.24, 2.45) is 10.8 Å². The molecule has 0 aromatic carbocycles. The Morgan fingerprint density at radius 2 is 1.90 bits per heavy atom. The van der Waals surface area contributed by atoms with Gasteiger partial charge in [0.15, 0.2) is 5.41 Å². The van der Waals surface area contributed by atoms with E-state index in [1.807, 2.05) is 6.92 Å². The summed E-state index contributed by atoms with van der Waals surface area (Å²) in [6, 6.07) is -0.609. The number of carboxylic acids is 1. The average Bonchev–Trinajstić information content (AvgIpc) is 3.02. The van der Waals surface area contributed by atoms with E-state index in [-0.39, 0.29) is 12.0 Å². The molecule has 1 aliphatic carbocycles. The van der Waals surface area contributed by atoms with E-state index in [1.54, 1.807) is 0 Å². The van der Waals surface area contributed by atoms with E-state index in [4.69, 9.17) is 5.11 Å². The average molecular weight is 308 g/mol. The predicted octanol–water partition coefficient (Wildman–Crippen LogP) is 2.23. The molecule has 1 saturated carbocycles. The van der Waals surface area contributed by atoms with Crippen LogP contribution in [0.2, 0.25) is 0 Å². The van der Waals surface area contributed by atoms with Gasteiger partial charge in [0.1, 0.15) is 0 Å². The molecule has 1 saturated heterocycles. The normalized spacial score (nSPS) is 27.5. The number of nitrogens with zero attached hydrogens (tertiary/aromatic N) is 1. The molecule has 1 atom stereocenters. The van der Waals surface area contributed by atoms with E-state index in [0.29, 0.717) is 6.54 Å². The van der Waals surface area contributed by atoms with Gasteiger partial charge in [-0.2, -0.15) is 13.2 Å². The molecule has 1 aliphatic heterocycles. The van der Waals surface area contributed by atoms with Crippen molar-refractivity contribution in [3.8, 4) is 0 Å². The Morgan fingerprint density at radius 3 is 2.29 bits per heavy atom. The Morgan fingerprint density at radius 1 is 1.29 bits per heavy atom. The van der Waals surface area contributed by atoms with Crippen molar-refractivity contribution < 1.29 is 27.9 Å². The summed E-state index contributed by atoms with van der Waals surface area (Å²) in [5, 5.41) is 11.6. The Balaban J connectivity index is 1.97. The molecule has 1 unspecified atom stereocenters. The smallest absolute Gasteiger partial charge is 0.406 e. The topological polar surface area (TPSA) is 69.6 Å². The van der Waals surface area contributed by atoms with Crippen molar-refractivity contribution in [1.29, 1.82) is 0 Å². The lowest BCUT2D eigenvalue weighted by molar-refractivity contribution is -0.226. The van der Waals surface area contributed by atoms with Crippen LogP contribution in [0.1, 0.15) is 32.6 Å². The van der Waals surface area contributed by atoms with Crippen molar-refractivity contribution in [2.75, 3.05) is 19.6 Å². The number of amides is 2. The third kappa shape index (κ3) is 2.80. The van der Waals surface area contributed by atoms with Crippen LogP contribution in [0, 0.1) is 10.8 Å². The van der Waals surface area contributed by atoms with Crippen LogP contribution in [0.4, 0.5) is 18.0 Å². The Kier molecular flexibility index (Phi) is 3.84. The summed E-state index contributed by atoms with van der Waals surface area (Å²) in [4.78, 5) is 23.9. The van der Waals surface area contributed by atoms with Gasteiger partial charge >= 0.3 is 18.2 Å². The lowest BCUT2D eigenvalue weighted by Crippen LogP contribution is -2.49. The number of carbonyl (C=O) groups excluding carboxylic acids is 1. The zero-order chi connectivity index (χ0) is 15.9. The van der Waals surface area contributed by atoms with Crippen molar-refractivity contribution in [2.45, 2.75) is 38.8 Å². The number of halogens is 3. The van der Waals surface area contributed by atoms with E-state index in [0.717, 1.165) is 24.2 Å². The van der Waals surface area contributed by atoms with Crippen LogP contribution in [-0.4, -0.2) is 47.8 Å². The maximum absolute atomic E-state index is 13.0. The number of aliphatic carboxylic acids is 1. The first-order chi connectivity index (χ1) is 9.66. The number of carbonyl (C=O) groups is 2. The van der Waals surface area contributed by atoms with Gasteiger partial charge in [0, 0.05) is 19.6 Å². The molecule has 8 heteroatoms. The van der Waals surface area contributed by atoms with E-state index >= 15 is 0 Å². The lowest BCUT2D eigenvalue weighted by atomic mass is 9.86. The Hall–Kier alpha value is -1.47. The molecule has 0 radical (unpaired) electrons. The molecule has 2 fully saturated rings. The monoisotopic (exact) mass is 308 g/mol. The summed E-state index contributed by atoms with van der Waals surface area (Å²) < 4.78 is 39.0. The molecule has 2 aliphatic rings.